The molecule has 0 aliphatic rings. The molecule has 0 spiro atoms. The molecule has 94 valence electrons. The topological polar surface area (TPSA) is 20.3 Å². The first-order valence-electron chi connectivity index (χ1n) is 5.97. The van der Waals surface area contributed by atoms with E-state index in [4.69, 9.17) is 0 Å². The van der Waals surface area contributed by atoms with E-state index in [-0.39, 0.29) is 11.6 Å². The summed E-state index contributed by atoms with van der Waals surface area (Å²) in [5.74, 6) is 0.0791. The molecule has 0 heterocycles. The van der Waals surface area contributed by atoms with Crippen LogP contribution in [-0.2, 0) is 0 Å². The molecular formula is C14H20FNO. The lowest BCUT2D eigenvalue weighted by atomic mass is 10.1. The second-order valence-corrected chi connectivity index (χ2v) is 4.62. The molecule has 0 bridgehead atoms. The number of hydrogen-bond donors (Lipinski definition) is 0. The van der Waals surface area contributed by atoms with Gasteiger partial charge in [0.25, 0.3) is 0 Å². The maximum Gasteiger partial charge on any atom is 0.159 e. The lowest BCUT2D eigenvalue weighted by Gasteiger charge is -2.23. The predicted octanol–water partition coefficient (Wildman–Crippen LogP) is 3.51. The van der Waals surface area contributed by atoms with Crippen molar-refractivity contribution in [3.05, 3.63) is 29.6 Å². The minimum atomic E-state index is -0.330. The van der Waals surface area contributed by atoms with Crippen molar-refractivity contribution in [1.82, 2.24) is 0 Å². The second kappa shape index (κ2) is 5.80. The van der Waals surface area contributed by atoms with Crippen molar-refractivity contribution >= 4 is 11.5 Å². The van der Waals surface area contributed by atoms with Crippen LogP contribution in [0, 0.1) is 11.7 Å². The first kappa shape index (κ1) is 13.7. The fourth-order valence-corrected chi connectivity index (χ4v) is 1.73. The SMILES string of the molecule is CCC(C)CN(C)c1ccc(C(C)=O)cc1F. The van der Waals surface area contributed by atoms with Crippen LogP contribution in [0.1, 0.15) is 37.6 Å². The average molecular weight is 237 g/mol. The molecule has 0 N–H and O–H groups in total. The van der Waals surface area contributed by atoms with Gasteiger partial charge in [-0.15, -0.1) is 0 Å². The van der Waals surface area contributed by atoms with Gasteiger partial charge in [0, 0.05) is 19.2 Å². The van der Waals surface area contributed by atoms with Crippen molar-refractivity contribution in [2.45, 2.75) is 27.2 Å². The third-order valence-electron chi connectivity index (χ3n) is 3.05. The number of rotatable bonds is 5. The molecule has 1 aromatic carbocycles. The number of hydrogen-bond acceptors (Lipinski definition) is 2. The highest BCUT2D eigenvalue weighted by Crippen LogP contribution is 2.21. The molecule has 0 aliphatic heterocycles. The molecule has 1 atom stereocenters. The Labute approximate surface area is 102 Å². The van der Waals surface area contributed by atoms with Crippen LogP contribution in [0.2, 0.25) is 0 Å². The van der Waals surface area contributed by atoms with E-state index < -0.39 is 0 Å². The molecule has 0 saturated carbocycles. The first-order valence-corrected chi connectivity index (χ1v) is 5.97. The van der Waals surface area contributed by atoms with Crippen molar-refractivity contribution in [2.75, 3.05) is 18.5 Å². The molecule has 3 heteroatoms. The van der Waals surface area contributed by atoms with Crippen molar-refractivity contribution in [3.63, 3.8) is 0 Å². The largest absolute Gasteiger partial charge is 0.372 e. The van der Waals surface area contributed by atoms with Crippen LogP contribution in [0.4, 0.5) is 10.1 Å². The highest BCUT2D eigenvalue weighted by Gasteiger charge is 2.11. The van der Waals surface area contributed by atoms with Gasteiger partial charge in [-0.05, 0) is 31.0 Å². The minimum Gasteiger partial charge on any atom is -0.372 e. The van der Waals surface area contributed by atoms with Gasteiger partial charge in [0.15, 0.2) is 5.78 Å². The van der Waals surface area contributed by atoms with E-state index in [1.165, 1.54) is 13.0 Å². The molecule has 0 aliphatic carbocycles. The van der Waals surface area contributed by atoms with Gasteiger partial charge in [-0.3, -0.25) is 4.79 Å². The number of carbonyl (C=O) groups excluding carboxylic acids is 1. The number of nitrogens with zero attached hydrogens (tertiary/aromatic N) is 1. The van der Waals surface area contributed by atoms with Crippen molar-refractivity contribution in [2.24, 2.45) is 5.92 Å². The normalized spacial score (nSPS) is 12.3. The summed E-state index contributed by atoms with van der Waals surface area (Å²) in [6, 6.07) is 4.66. The summed E-state index contributed by atoms with van der Waals surface area (Å²) in [6.07, 6.45) is 1.07. The molecule has 0 radical (unpaired) electrons. The fraction of sp³-hybridized carbons (Fsp3) is 0.500. The van der Waals surface area contributed by atoms with Crippen LogP contribution in [0.25, 0.3) is 0 Å². The van der Waals surface area contributed by atoms with Crippen LogP contribution in [0.3, 0.4) is 0 Å². The molecule has 0 fully saturated rings. The lowest BCUT2D eigenvalue weighted by molar-refractivity contribution is 0.101. The van der Waals surface area contributed by atoms with Gasteiger partial charge >= 0.3 is 0 Å². The molecule has 1 unspecified atom stereocenters. The molecule has 1 aromatic rings. The Morgan fingerprint density at radius 2 is 2.12 bits per heavy atom. The number of benzene rings is 1. The molecule has 1 rings (SSSR count). The maximum absolute atomic E-state index is 13.8. The summed E-state index contributed by atoms with van der Waals surface area (Å²) < 4.78 is 13.8. The van der Waals surface area contributed by atoms with Gasteiger partial charge in [0.2, 0.25) is 0 Å². The van der Waals surface area contributed by atoms with Gasteiger partial charge in [-0.1, -0.05) is 20.3 Å². The summed E-state index contributed by atoms with van der Waals surface area (Å²) in [6.45, 7) is 6.51. The zero-order valence-electron chi connectivity index (χ0n) is 11.0. The molecule has 2 nitrogen and oxygen atoms in total. The molecule has 0 aromatic heterocycles. The average Bonchev–Trinajstić information content (AvgIpc) is 2.28. The zero-order chi connectivity index (χ0) is 13.0. The highest BCUT2D eigenvalue weighted by molar-refractivity contribution is 5.94. The number of carbonyl (C=O) groups is 1. The van der Waals surface area contributed by atoms with Crippen molar-refractivity contribution < 1.29 is 9.18 Å². The fourth-order valence-electron chi connectivity index (χ4n) is 1.73. The number of halogens is 1. The van der Waals surface area contributed by atoms with E-state index >= 15 is 0 Å². The molecular weight excluding hydrogens is 217 g/mol. The third-order valence-corrected chi connectivity index (χ3v) is 3.05. The number of ketones is 1. The Balaban J connectivity index is 2.88. The third kappa shape index (κ3) is 3.55. The summed E-state index contributed by atoms with van der Waals surface area (Å²) in [4.78, 5) is 13.0. The van der Waals surface area contributed by atoms with E-state index in [1.807, 2.05) is 11.9 Å². The van der Waals surface area contributed by atoms with E-state index in [0.29, 0.717) is 17.2 Å². The summed E-state index contributed by atoms with van der Waals surface area (Å²) in [5.41, 5.74) is 0.971. The zero-order valence-corrected chi connectivity index (χ0v) is 11.0. The van der Waals surface area contributed by atoms with Crippen LogP contribution in [-0.4, -0.2) is 19.4 Å². The monoisotopic (exact) mass is 237 g/mol. The Kier molecular flexibility index (Phi) is 4.67. The van der Waals surface area contributed by atoms with Crippen LogP contribution in [0.15, 0.2) is 18.2 Å². The van der Waals surface area contributed by atoms with E-state index in [9.17, 15) is 9.18 Å². The van der Waals surface area contributed by atoms with Crippen molar-refractivity contribution in [3.8, 4) is 0 Å². The van der Waals surface area contributed by atoms with Crippen LogP contribution < -0.4 is 4.90 Å². The molecule has 0 amide bonds. The summed E-state index contributed by atoms with van der Waals surface area (Å²) in [5, 5.41) is 0. The van der Waals surface area contributed by atoms with E-state index in [0.717, 1.165) is 13.0 Å². The van der Waals surface area contributed by atoms with Gasteiger partial charge in [0.1, 0.15) is 5.82 Å². The Morgan fingerprint density at radius 1 is 1.47 bits per heavy atom. The smallest absolute Gasteiger partial charge is 0.159 e. The molecule has 0 saturated heterocycles. The number of anilines is 1. The first-order chi connectivity index (χ1) is 7.95. The minimum absolute atomic E-state index is 0.111. The molecule has 17 heavy (non-hydrogen) atoms. The number of Topliss-reactive ketones (excluding diaryl/α,β-unsaturated/α-hetero) is 1. The quantitative estimate of drug-likeness (QED) is 0.730. The standard InChI is InChI=1S/C14H20FNO/c1-5-10(2)9-16(4)14-7-6-12(11(3)17)8-13(14)15/h6-8,10H,5,9H2,1-4H3. The van der Waals surface area contributed by atoms with Crippen LogP contribution >= 0.6 is 0 Å². The Hall–Kier alpha value is -1.38. The van der Waals surface area contributed by atoms with E-state index in [1.54, 1.807) is 12.1 Å². The lowest BCUT2D eigenvalue weighted by Crippen LogP contribution is -2.24. The van der Waals surface area contributed by atoms with Crippen molar-refractivity contribution in [1.29, 1.82) is 0 Å². The van der Waals surface area contributed by atoms with Gasteiger partial charge in [-0.25, -0.2) is 4.39 Å². The summed E-state index contributed by atoms with van der Waals surface area (Å²) in [7, 11) is 1.87. The Bertz CT molecular complexity index is 403. The maximum atomic E-state index is 13.8. The highest BCUT2D eigenvalue weighted by atomic mass is 19.1. The summed E-state index contributed by atoms with van der Waals surface area (Å²) >= 11 is 0. The van der Waals surface area contributed by atoms with E-state index in [2.05, 4.69) is 13.8 Å². The van der Waals surface area contributed by atoms with Gasteiger partial charge < -0.3 is 4.90 Å². The predicted molar refractivity (Wildman–Crippen MR) is 69.1 cm³/mol. The van der Waals surface area contributed by atoms with Gasteiger partial charge in [-0.2, -0.15) is 0 Å². The second-order valence-electron chi connectivity index (χ2n) is 4.62. The van der Waals surface area contributed by atoms with Gasteiger partial charge in [0.05, 0.1) is 5.69 Å². The van der Waals surface area contributed by atoms with Crippen LogP contribution in [0.5, 0.6) is 0 Å². The Morgan fingerprint density at radius 3 is 2.59 bits per heavy atom.